The summed E-state index contributed by atoms with van der Waals surface area (Å²) in [4.78, 5) is 45.8. The topological polar surface area (TPSA) is 147 Å². The van der Waals surface area contributed by atoms with Gasteiger partial charge in [-0.1, -0.05) is 18.2 Å². The highest BCUT2D eigenvalue weighted by Gasteiger charge is 2.17. The lowest BCUT2D eigenvalue weighted by molar-refractivity contribution is 0.0684. The molecule has 5 N–H and O–H groups in total. The maximum absolute atomic E-state index is 12.2. The van der Waals surface area contributed by atoms with Crippen LogP contribution >= 0.6 is 0 Å². The van der Waals surface area contributed by atoms with Crippen LogP contribution in [0.5, 0.6) is 0 Å². The van der Waals surface area contributed by atoms with Crippen molar-refractivity contribution in [3.63, 3.8) is 0 Å². The van der Waals surface area contributed by atoms with E-state index in [1.807, 2.05) is 0 Å². The Morgan fingerprint density at radius 3 is 2.08 bits per heavy atom. The van der Waals surface area contributed by atoms with Crippen molar-refractivity contribution in [3.05, 3.63) is 70.3 Å². The first-order valence-electron chi connectivity index (χ1n) is 7.07. The molecule has 0 saturated heterocycles. The van der Waals surface area contributed by atoms with Crippen LogP contribution in [0.15, 0.2) is 42.5 Å². The minimum absolute atomic E-state index is 0.0298. The van der Waals surface area contributed by atoms with Crippen LogP contribution < -0.4 is 11.1 Å². The van der Waals surface area contributed by atoms with Gasteiger partial charge in [0.05, 0.1) is 16.7 Å². The molecule has 0 spiro atoms. The number of carbonyl (C=O) groups is 4. The molecule has 2 amide bonds. The zero-order valence-corrected chi connectivity index (χ0v) is 12.9. The van der Waals surface area contributed by atoms with Crippen molar-refractivity contribution in [2.24, 2.45) is 5.73 Å². The van der Waals surface area contributed by atoms with Crippen molar-refractivity contribution in [1.29, 1.82) is 0 Å². The molecule has 25 heavy (non-hydrogen) atoms. The molecule has 0 aliphatic carbocycles. The van der Waals surface area contributed by atoms with Crippen LogP contribution in [0.4, 0.5) is 0 Å². The van der Waals surface area contributed by atoms with Crippen LogP contribution in [-0.2, 0) is 6.54 Å². The van der Waals surface area contributed by atoms with Crippen LogP contribution in [-0.4, -0.2) is 34.0 Å². The fourth-order valence-corrected chi connectivity index (χ4v) is 2.23. The summed E-state index contributed by atoms with van der Waals surface area (Å²) in [5.74, 6) is -3.93. The number of carboxylic acid groups (broad SMARTS) is 2. The van der Waals surface area contributed by atoms with Gasteiger partial charge in [-0.2, -0.15) is 0 Å². The van der Waals surface area contributed by atoms with E-state index >= 15 is 0 Å². The Hall–Kier alpha value is -3.68. The van der Waals surface area contributed by atoms with Gasteiger partial charge < -0.3 is 21.3 Å². The van der Waals surface area contributed by atoms with Crippen molar-refractivity contribution in [2.75, 3.05) is 0 Å². The predicted octanol–water partition coefficient (Wildman–Crippen LogP) is 1.11. The second-order valence-electron chi connectivity index (χ2n) is 5.07. The molecule has 8 heteroatoms. The Morgan fingerprint density at radius 1 is 0.880 bits per heavy atom. The third kappa shape index (κ3) is 3.99. The Kier molecular flexibility index (Phi) is 5.13. The minimum atomic E-state index is -1.24. The monoisotopic (exact) mass is 342 g/mol. The Morgan fingerprint density at radius 2 is 1.52 bits per heavy atom. The zero-order valence-electron chi connectivity index (χ0n) is 12.9. The van der Waals surface area contributed by atoms with E-state index in [2.05, 4.69) is 5.32 Å². The van der Waals surface area contributed by atoms with Gasteiger partial charge in [0, 0.05) is 12.1 Å². The molecule has 0 aliphatic heterocycles. The van der Waals surface area contributed by atoms with Gasteiger partial charge in [0.25, 0.3) is 5.91 Å². The highest BCUT2D eigenvalue weighted by Crippen LogP contribution is 2.13. The normalized spacial score (nSPS) is 10.1. The molecule has 2 aromatic rings. The average Bonchev–Trinajstić information content (AvgIpc) is 2.59. The van der Waals surface area contributed by atoms with E-state index in [4.69, 9.17) is 15.9 Å². The van der Waals surface area contributed by atoms with E-state index < -0.39 is 23.8 Å². The van der Waals surface area contributed by atoms with Crippen LogP contribution in [0.3, 0.4) is 0 Å². The largest absolute Gasteiger partial charge is 0.478 e. The second kappa shape index (κ2) is 7.26. The number of nitrogens with two attached hydrogens (primary N) is 1. The summed E-state index contributed by atoms with van der Waals surface area (Å²) in [7, 11) is 0. The number of carbonyl (C=O) groups excluding carboxylic acids is 2. The molecule has 0 heterocycles. The minimum Gasteiger partial charge on any atom is -0.478 e. The molecule has 0 bridgehead atoms. The number of hydrogen-bond acceptors (Lipinski definition) is 4. The maximum atomic E-state index is 12.2. The van der Waals surface area contributed by atoms with Crippen molar-refractivity contribution in [3.8, 4) is 0 Å². The molecule has 0 aliphatic rings. The molecular weight excluding hydrogens is 328 g/mol. The average molecular weight is 342 g/mol. The molecule has 0 aromatic heterocycles. The first-order valence-corrected chi connectivity index (χ1v) is 7.07. The Bertz CT molecular complexity index is 875. The van der Waals surface area contributed by atoms with E-state index in [9.17, 15) is 19.2 Å². The van der Waals surface area contributed by atoms with Crippen molar-refractivity contribution in [2.45, 2.75) is 6.54 Å². The lowest BCUT2D eigenvalue weighted by Gasteiger charge is -2.11. The summed E-state index contributed by atoms with van der Waals surface area (Å²) in [5.41, 5.74) is 5.23. The van der Waals surface area contributed by atoms with E-state index in [-0.39, 0.29) is 28.8 Å². The molecule has 0 atom stereocenters. The van der Waals surface area contributed by atoms with Crippen LogP contribution in [0.2, 0.25) is 0 Å². The third-order valence-electron chi connectivity index (χ3n) is 3.46. The van der Waals surface area contributed by atoms with E-state index in [1.54, 1.807) is 0 Å². The molecule has 2 rings (SSSR count). The van der Waals surface area contributed by atoms with Gasteiger partial charge in [0.1, 0.15) is 0 Å². The van der Waals surface area contributed by atoms with Gasteiger partial charge in [-0.3, -0.25) is 9.59 Å². The smallest absolute Gasteiger partial charge is 0.336 e. The van der Waals surface area contributed by atoms with E-state index in [0.717, 1.165) is 6.07 Å². The summed E-state index contributed by atoms with van der Waals surface area (Å²) in [6.07, 6.45) is 0. The summed E-state index contributed by atoms with van der Waals surface area (Å²) < 4.78 is 0. The lowest BCUT2D eigenvalue weighted by Crippen LogP contribution is -2.26. The number of hydrogen-bond donors (Lipinski definition) is 4. The quantitative estimate of drug-likeness (QED) is 0.618. The van der Waals surface area contributed by atoms with Crippen LogP contribution in [0, 0.1) is 0 Å². The molecule has 0 saturated carbocycles. The highest BCUT2D eigenvalue weighted by atomic mass is 16.4. The van der Waals surface area contributed by atoms with E-state index in [0.29, 0.717) is 5.56 Å². The van der Waals surface area contributed by atoms with Gasteiger partial charge in [0.2, 0.25) is 5.91 Å². The van der Waals surface area contributed by atoms with Gasteiger partial charge >= 0.3 is 11.9 Å². The summed E-state index contributed by atoms with van der Waals surface area (Å²) in [5, 5.41) is 20.6. The first-order chi connectivity index (χ1) is 11.8. The molecule has 128 valence electrons. The maximum Gasteiger partial charge on any atom is 0.336 e. The molecule has 8 nitrogen and oxygen atoms in total. The lowest BCUT2D eigenvalue weighted by atomic mass is 10.0. The number of aromatic carboxylic acids is 2. The number of benzene rings is 2. The first kappa shape index (κ1) is 17.7. The SMILES string of the molecule is NC(=O)c1cc(C(=O)O)ccc1CNC(=O)c1ccccc1C(=O)O. The number of primary amides is 1. The second-order valence-corrected chi connectivity index (χ2v) is 5.07. The number of rotatable bonds is 6. The molecule has 0 fully saturated rings. The fraction of sp³-hybridized carbons (Fsp3) is 0.0588. The summed E-state index contributed by atoms with van der Waals surface area (Å²) in [6, 6.07) is 9.45. The Balaban J connectivity index is 2.24. The molecular formula is C17H14N2O6. The molecule has 2 aromatic carbocycles. The van der Waals surface area contributed by atoms with Gasteiger partial charge in [-0.25, -0.2) is 9.59 Å². The highest BCUT2D eigenvalue weighted by molar-refractivity contribution is 6.05. The van der Waals surface area contributed by atoms with Crippen molar-refractivity contribution >= 4 is 23.8 Å². The summed E-state index contributed by atoms with van der Waals surface area (Å²) >= 11 is 0. The van der Waals surface area contributed by atoms with Gasteiger partial charge in [-0.15, -0.1) is 0 Å². The summed E-state index contributed by atoms with van der Waals surface area (Å²) in [6.45, 7) is -0.120. The van der Waals surface area contributed by atoms with Gasteiger partial charge in [-0.05, 0) is 29.8 Å². The fourth-order valence-electron chi connectivity index (χ4n) is 2.23. The van der Waals surface area contributed by atoms with E-state index in [1.165, 1.54) is 36.4 Å². The molecule has 0 unspecified atom stereocenters. The van der Waals surface area contributed by atoms with Crippen molar-refractivity contribution < 1.29 is 29.4 Å². The van der Waals surface area contributed by atoms with Crippen LogP contribution in [0.25, 0.3) is 0 Å². The zero-order chi connectivity index (χ0) is 18.6. The number of amides is 2. The third-order valence-corrected chi connectivity index (χ3v) is 3.46. The number of nitrogens with one attached hydrogen (secondary N) is 1. The van der Waals surface area contributed by atoms with Crippen molar-refractivity contribution in [1.82, 2.24) is 5.32 Å². The van der Waals surface area contributed by atoms with Crippen LogP contribution in [0.1, 0.15) is 47.0 Å². The standard InChI is InChI=1S/C17H14N2O6/c18-14(20)13-7-9(16(22)23)5-6-10(13)8-19-15(21)11-3-1-2-4-12(11)17(24)25/h1-7H,8H2,(H2,18,20)(H,19,21)(H,22,23)(H,24,25). The predicted molar refractivity (Wildman–Crippen MR) is 86.5 cm³/mol. The van der Waals surface area contributed by atoms with Gasteiger partial charge in [0.15, 0.2) is 0 Å². The molecule has 0 radical (unpaired) electrons. The Labute approximate surface area is 141 Å². The number of carboxylic acids is 2.